The molecule has 0 spiro atoms. The van der Waals surface area contributed by atoms with Crippen LogP contribution in [-0.4, -0.2) is 41.8 Å². The van der Waals surface area contributed by atoms with Crippen LogP contribution in [0.15, 0.2) is 48.5 Å². The van der Waals surface area contributed by atoms with Crippen molar-refractivity contribution < 1.29 is 24.2 Å². The van der Waals surface area contributed by atoms with E-state index in [1.807, 2.05) is 57.2 Å². The van der Waals surface area contributed by atoms with Gasteiger partial charge in [0.1, 0.15) is 12.6 Å². The number of ether oxygens (including phenoxy) is 1. The summed E-state index contributed by atoms with van der Waals surface area (Å²) in [6.45, 7) is 7.24. The second-order valence-corrected chi connectivity index (χ2v) is 9.22. The van der Waals surface area contributed by atoms with Gasteiger partial charge in [-0.1, -0.05) is 69.3 Å². The Morgan fingerprint density at radius 1 is 0.969 bits per heavy atom. The summed E-state index contributed by atoms with van der Waals surface area (Å²) in [6.07, 6.45) is -0.896. The van der Waals surface area contributed by atoms with Crippen molar-refractivity contribution in [3.63, 3.8) is 0 Å². The highest BCUT2D eigenvalue weighted by Gasteiger charge is 2.31. The molecule has 0 heterocycles. The van der Waals surface area contributed by atoms with Crippen LogP contribution < -0.4 is 10.6 Å². The lowest BCUT2D eigenvalue weighted by Gasteiger charge is -2.31. The topological polar surface area (TPSA) is 105 Å². The molecule has 7 nitrogen and oxygen atoms in total. The number of benzene rings is 2. The SMILES string of the molecule is CC(NC(=O)OCC1c2ccccc2-c2ccccc21)C(=O)NC(CC(=O)O)C(C)(C)C. The standard InChI is InChI=1S/C25H30N2O5/c1-15(23(30)27-21(13-22(28)29)25(2,3)4)26-24(31)32-14-20-18-11-7-5-9-16(18)17-10-6-8-12-19(17)20/h5-12,15,20-21H,13-14H2,1-4H3,(H,26,31)(H,27,30)(H,28,29). The fourth-order valence-corrected chi connectivity index (χ4v) is 3.93. The average molecular weight is 439 g/mol. The Balaban J connectivity index is 1.59. The highest BCUT2D eigenvalue weighted by molar-refractivity contribution is 5.86. The predicted octanol–water partition coefficient (Wildman–Crippen LogP) is 3.92. The summed E-state index contributed by atoms with van der Waals surface area (Å²) in [4.78, 5) is 36.1. The lowest BCUT2D eigenvalue weighted by Crippen LogP contribution is -2.52. The quantitative estimate of drug-likeness (QED) is 0.608. The molecule has 0 aromatic heterocycles. The molecule has 2 aromatic rings. The summed E-state index contributed by atoms with van der Waals surface area (Å²) >= 11 is 0. The van der Waals surface area contributed by atoms with E-state index in [1.54, 1.807) is 0 Å². The lowest BCUT2D eigenvalue weighted by molar-refractivity contribution is -0.138. The Kier molecular flexibility index (Phi) is 6.87. The molecule has 1 aliphatic rings. The first-order valence-corrected chi connectivity index (χ1v) is 10.7. The van der Waals surface area contributed by atoms with Crippen molar-refractivity contribution in [2.24, 2.45) is 5.41 Å². The largest absolute Gasteiger partial charge is 0.481 e. The second kappa shape index (κ2) is 9.42. The van der Waals surface area contributed by atoms with Crippen LogP contribution in [0.2, 0.25) is 0 Å². The van der Waals surface area contributed by atoms with Gasteiger partial charge in [0.25, 0.3) is 0 Å². The maximum absolute atomic E-state index is 12.5. The van der Waals surface area contributed by atoms with Crippen molar-refractivity contribution >= 4 is 18.0 Å². The van der Waals surface area contributed by atoms with E-state index in [2.05, 4.69) is 22.8 Å². The van der Waals surface area contributed by atoms with E-state index in [0.717, 1.165) is 22.3 Å². The highest BCUT2D eigenvalue weighted by Crippen LogP contribution is 2.44. The van der Waals surface area contributed by atoms with Crippen molar-refractivity contribution in [1.82, 2.24) is 10.6 Å². The van der Waals surface area contributed by atoms with Crippen LogP contribution in [0.25, 0.3) is 11.1 Å². The van der Waals surface area contributed by atoms with Gasteiger partial charge in [-0.2, -0.15) is 0 Å². The van der Waals surface area contributed by atoms with Crippen LogP contribution in [0.5, 0.6) is 0 Å². The van der Waals surface area contributed by atoms with Gasteiger partial charge in [0.2, 0.25) is 5.91 Å². The van der Waals surface area contributed by atoms with E-state index in [4.69, 9.17) is 9.84 Å². The summed E-state index contributed by atoms with van der Waals surface area (Å²) < 4.78 is 5.47. The van der Waals surface area contributed by atoms with Gasteiger partial charge in [0.05, 0.1) is 6.42 Å². The van der Waals surface area contributed by atoms with Gasteiger partial charge >= 0.3 is 12.1 Å². The third-order valence-corrected chi connectivity index (χ3v) is 5.81. The normalized spacial score (nSPS) is 14.6. The number of hydrogen-bond donors (Lipinski definition) is 3. The monoisotopic (exact) mass is 438 g/mol. The molecular formula is C25H30N2O5. The summed E-state index contributed by atoms with van der Waals surface area (Å²) in [5.74, 6) is -1.53. The molecule has 0 aliphatic heterocycles. The first-order chi connectivity index (χ1) is 15.1. The average Bonchev–Trinajstić information content (AvgIpc) is 3.04. The van der Waals surface area contributed by atoms with Crippen molar-refractivity contribution in [3.8, 4) is 11.1 Å². The van der Waals surface area contributed by atoms with Crippen molar-refractivity contribution in [2.75, 3.05) is 6.61 Å². The molecular weight excluding hydrogens is 408 g/mol. The molecule has 2 aromatic carbocycles. The van der Waals surface area contributed by atoms with Crippen LogP contribution in [0.4, 0.5) is 4.79 Å². The summed E-state index contributed by atoms with van der Waals surface area (Å²) in [5, 5.41) is 14.4. The molecule has 170 valence electrons. The number of alkyl carbamates (subject to hydrolysis) is 1. The van der Waals surface area contributed by atoms with Crippen molar-refractivity contribution in [2.45, 2.75) is 52.1 Å². The number of carbonyl (C=O) groups is 3. The number of nitrogens with one attached hydrogen (secondary N) is 2. The molecule has 1 aliphatic carbocycles. The maximum atomic E-state index is 12.5. The van der Waals surface area contributed by atoms with E-state index in [9.17, 15) is 14.4 Å². The fourth-order valence-electron chi connectivity index (χ4n) is 3.93. The number of rotatable bonds is 7. The number of carboxylic acid groups (broad SMARTS) is 1. The van der Waals surface area contributed by atoms with Crippen LogP contribution in [-0.2, 0) is 14.3 Å². The van der Waals surface area contributed by atoms with E-state index in [-0.39, 0.29) is 18.9 Å². The minimum Gasteiger partial charge on any atom is -0.481 e. The maximum Gasteiger partial charge on any atom is 0.407 e. The summed E-state index contributed by atoms with van der Waals surface area (Å²) in [7, 11) is 0. The molecule has 32 heavy (non-hydrogen) atoms. The van der Waals surface area contributed by atoms with Gasteiger partial charge in [-0.25, -0.2) is 4.79 Å². The molecule has 2 amide bonds. The zero-order valence-electron chi connectivity index (χ0n) is 18.8. The number of carbonyl (C=O) groups excluding carboxylic acids is 2. The van der Waals surface area contributed by atoms with E-state index >= 15 is 0 Å². The van der Waals surface area contributed by atoms with Crippen molar-refractivity contribution in [3.05, 3.63) is 59.7 Å². The van der Waals surface area contributed by atoms with Gasteiger partial charge in [-0.3, -0.25) is 9.59 Å². The van der Waals surface area contributed by atoms with Crippen LogP contribution in [0.1, 0.15) is 51.2 Å². The number of carboxylic acids is 1. The van der Waals surface area contributed by atoms with Crippen LogP contribution >= 0.6 is 0 Å². The van der Waals surface area contributed by atoms with Gasteiger partial charge in [0, 0.05) is 12.0 Å². The molecule has 3 N–H and O–H groups in total. The number of fused-ring (bicyclic) bond motifs is 3. The minimum absolute atomic E-state index is 0.0712. The molecule has 0 saturated carbocycles. The third kappa shape index (κ3) is 5.28. The number of amides is 2. The van der Waals surface area contributed by atoms with Gasteiger partial charge in [0.15, 0.2) is 0 Å². The van der Waals surface area contributed by atoms with Gasteiger partial charge < -0.3 is 20.5 Å². The van der Waals surface area contributed by atoms with E-state index in [0.29, 0.717) is 0 Å². The minimum atomic E-state index is -0.998. The Labute approximate surface area is 188 Å². The number of hydrogen-bond acceptors (Lipinski definition) is 4. The first kappa shape index (κ1) is 23.3. The van der Waals surface area contributed by atoms with Gasteiger partial charge in [-0.05, 0) is 34.6 Å². The third-order valence-electron chi connectivity index (χ3n) is 5.81. The Morgan fingerprint density at radius 2 is 1.50 bits per heavy atom. The Hall–Kier alpha value is -3.35. The van der Waals surface area contributed by atoms with Crippen LogP contribution in [0, 0.1) is 5.41 Å². The lowest BCUT2D eigenvalue weighted by atomic mass is 9.84. The predicted molar refractivity (Wildman–Crippen MR) is 121 cm³/mol. The smallest absolute Gasteiger partial charge is 0.407 e. The molecule has 0 saturated heterocycles. The fraction of sp³-hybridized carbons (Fsp3) is 0.400. The molecule has 0 radical (unpaired) electrons. The second-order valence-electron chi connectivity index (χ2n) is 9.22. The van der Waals surface area contributed by atoms with Crippen molar-refractivity contribution in [1.29, 1.82) is 0 Å². The first-order valence-electron chi connectivity index (χ1n) is 10.7. The Morgan fingerprint density at radius 3 is 2.00 bits per heavy atom. The van der Waals surface area contributed by atoms with E-state index < -0.39 is 35.5 Å². The molecule has 7 heteroatoms. The molecule has 0 fully saturated rings. The molecule has 2 unspecified atom stereocenters. The van der Waals surface area contributed by atoms with Gasteiger partial charge in [-0.15, -0.1) is 0 Å². The molecule has 3 rings (SSSR count). The zero-order valence-corrected chi connectivity index (χ0v) is 18.8. The van der Waals surface area contributed by atoms with Crippen LogP contribution in [0.3, 0.4) is 0 Å². The molecule has 0 bridgehead atoms. The van der Waals surface area contributed by atoms with E-state index in [1.165, 1.54) is 6.92 Å². The molecule has 2 atom stereocenters. The summed E-state index contributed by atoms with van der Waals surface area (Å²) in [6, 6.07) is 14.6. The Bertz CT molecular complexity index is 966. The summed E-state index contributed by atoms with van der Waals surface area (Å²) in [5.41, 5.74) is 4.04. The zero-order chi connectivity index (χ0) is 23.5. The highest BCUT2D eigenvalue weighted by atomic mass is 16.5. The number of aliphatic carboxylic acids is 1.